The number of rotatable bonds is 3. The van der Waals surface area contributed by atoms with E-state index in [0.717, 1.165) is 11.8 Å². The average molecular weight is 359 g/mol. The number of hydrogen-bond acceptors (Lipinski definition) is 0. The molecule has 2 saturated carbocycles. The van der Waals surface area contributed by atoms with Crippen LogP contribution in [0.2, 0.25) is 0 Å². The first-order valence-corrected chi connectivity index (χ1v) is 11.2. The van der Waals surface area contributed by atoms with Gasteiger partial charge < -0.3 is 0 Å². The highest BCUT2D eigenvalue weighted by Crippen LogP contribution is 2.53. The molecule has 2 aromatic carbocycles. The summed E-state index contributed by atoms with van der Waals surface area (Å²) in [6.07, 6.45) is 17.1. The minimum Gasteiger partial charge on any atom is -0.0728 e. The highest BCUT2D eigenvalue weighted by molar-refractivity contribution is 5.42. The quantitative estimate of drug-likeness (QED) is 0.489. The van der Waals surface area contributed by atoms with Gasteiger partial charge in [0.1, 0.15) is 0 Å². The molecule has 0 radical (unpaired) electrons. The lowest BCUT2D eigenvalue weighted by molar-refractivity contribution is 0.491. The summed E-state index contributed by atoms with van der Waals surface area (Å²) < 4.78 is 0. The molecule has 0 aliphatic heterocycles. The summed E-state index contributed by atoms with van der Waals surface area (Å²) >= 11 is 0. The van der Waals surface area contributed by atoms with E-state index in [1.165, 1.54) is 75.3 Å². The minimum absolute atomic E-state index is 0.408. The number of allylic oxidation sites excluding steroid dienone is 2. The van der Waals surface area contributed by atoms with Crippen LogP contribution in [0.1, 0.15) is 81.3 Å². The Hall–Kier alpha value is -1.82. The zero-order valence-electron chi connectivity index (χ0n) is 16.7. The predicted molar refractivity (Wildman–Crippen MR) is 116 cm³/mol. The summed E-state index contributed by atoms with van der Waals surface area (Å²) in [6, 6.07) is 22.2. The summed E-state index contributed by atoms with van der Waals surface area (Å²) in [4.78, 5) is 0. The smallest absolute Gasteiger partial charge is 0.0272 e. The van der Waals surface area contributed by atoms with E-state index < -0.39 is 0 Å². The first-order chi connectivity index (χ1) is 13.4. The second-order valence-electron chi connectivity index (χ2n) is 8.58. The Labute approximate surface area is 165 Å². The summed E-state index contributed by atoms with van der Waals surface area (Å²) in [6.45, 7) is 0. The van der Waals surface area contributed by atoms with Crippen molar-refractivity contribution < 1.29 is 0 Å². The molecule has 4 rings (SSSR count). The van der Waals surface area contributed by atoms with Crippen molar-refractivity contribution in [3.8, 4) is 0 Å². The molecule has 2 aliphatic rings. The molecule has 0 saturated heterocycles. The van der Waals surface area contributed by atoms with Crippen molar-refractivity contribution in [2.75, 3.05) is 0 Å². The van der Waals surface area contributed by atoms with Crippen LogP contribution in [0.15, 0.2) is 72.3 Å². The van der Waals surface area contributed by atoms with Gasteiger partial charge in [0.2, 0.25) is 0 Å². The van der Waals surface area contributed by atoms with Crippen molar-refractivity contribution in [1.29, 1.82) is 0 Å². The highest BCUT2D eigenvalue weighted by Gasteiger charge is 2.42. The van der Waals surface area contributed by atoms with E-state index in [4.69, 9.17) is 0 Å². The molecule has 2 aliphatic carbocycles. The molecular weight excluding hydrogens is 324 g/mol. The van der Waals surface area contributed by atoms with E-state index in [1.54, 1.807) is 5.57 Å². The molecule has 0 N–H and O–H groups in total. The van der Waals surface area contributed by atoms with Crippen LogP contribution in [0, 0.1) is 11.8 Å². The van der Waals surface area contributed by atoms with Crippen LogP contribution >= 0.6 is 0 Å². The van der Waals surface area contributed by atoms with Gasteiger partial charge in [0, 0.05) is 5.92 Å². The molecule has 0 heteroatoms. The molecule has 0 bridgehead atoms. The zero-order valence-corrected chi connectivity index (χ0v) is 16.7. The maximum absolute atomic E-state index is 2.64. The standard InChI is InChI=1S/C27H34/c1-2-4-6-14-20-25-24(19-13-5-3-1)27(25)21-26(22-15-9-7-10-16-22)23-17-11-8-12-18-23/h7-12,15-18,21,24-26H,1-6,13-14,19-20H2/t24-,25-/m0/s1. The summed E-state index contributed by atoms with van der Waals surface area (Å²) in [5.41, 5.74) is 4.63. The van der Waals surface area contributed by atoms with Crippen LogP contribution in [-0.4, -0.2) is 0 Å². The van der Waals surface area contributed by atoms with Crippen molar-refractivity contribution in [3.63, 3.8) is 0 Å². The monoisotopic (exact) mass is 358 g/mol. The molecule has 2 aromatic rings. The molecular formula is C27H34. The van der Waals surface area contributed by atoms with Crippen LogP contribution in [0.25, 0.3) is 0 Å². The van der Waals surface area contributed by atoms with Crippen molar-refractivity contribution in [3.05, 3.63) is 83.4 Å². The van der Waals surface area contributed by atoms with Gasteiger partial charge in [-0.25, -0.2) is 0 Å². The lowest BCUT2D eigenvalue weighted by atomic mass is 9.90. The fourth-order valence-electron chi connectivity index (χ4n) is 5.07. The Bertz CT molecular complexity index is 653. The summed E-state index contributed by atoms with van der Waals surface area (Å²) in [7, 11) is 0. The van der Waals surface area contributed by atoms with Crippen molar-refractivity contribution in [2.45, 2.75) is 70.1 Å². The fraction of sp³-hybridized carbons (Fsp3) is 0.481. The Kier molecular flexibility index (Phi) is 6.45. The van der Waals surface area contributed by atoms with Gasteiger partial charge in [-0.3, -0.25) is 0 Å². The van der Waals surface area contributed by atoms with Gasteiger partial charge in [-0.2, -0.15) is 0 Å². The van der Waals surface area contributed by atoms with Crippen LogP contribution in [-0.2, 0) is 0 Å². The Morgan fingerprint density at radius 1 is 0.556 bits per heavy atom. The van der Waals surface area contributed by atoms with Crippen molar-refractivity contribution in [2.24, 2.45) is 11.8 Å². The van der Waals surface area contributed by atoms with E-state index in [0.29, 0.717) is 5.92 Å². The second kappa shape index (κ2) is 9.40. The molecule has 0 aromatic heterocycles. The first-order valence-electron chi connectivity index (χ1n) is 11.2. The highest BCUT2D eigenvalue weighted by atomic mass is 14.5. The van der Waals surface area contributed by atoms with Crippen LogP contribution < -0.4 is 0 Å². The first kappa shape index (κ1) is 18.5. The van der Waals surface area contributed by atoms with Gasteiger partial charge in [0.15, 0.2) is 0 Å². The normalized spacial score (nSPS) is 23.8. The lowest BCUT2D eigenvalue weighted by Gasteiger charge is -2.14. The van der Waals surface area contributed by atoms with Gasteiger partial charge in [-0.1, -0.05) is 124 Å². The number of fused-ring (bicyclic) bond motifs is 1. The lowest BCUT2D eigenvalue weighted by Crippen LogP contribution is -1.97. The van der Waals surface area contributed by atoms with Crippen molar-refractivity contribution in [1.82, 2.24) is 0 Å². The number of hydrogen-bond donors (Lipinski definition) is 0. The molecule has 0 heterocycles. The van der Waals surface area contributed by atoms with Gasteiger partial charge in [0.05, 0.1) is 0 Å². The summed E-state index contributed by atoms with van der Waals surface area (Å²) in [5, 5.41) is 0. The van der Waals surface area contributed by atoms with E-state index >= 15 is 0 Å². The van der Waals surface area contributed by atoms with Gasteiger partial charge in [-0.15, -0.1) is 0 Å². The molecule has 142 valence electrons. The van der Waals surface area contributed by atoms with Crippen LogP contribution in [0.3, 0.4) is 0 Å². The third-order valence-corrected chi connectivity index (χ3v) is 6.69. The SMILES string of the molecule is C(=C1[C@H]2CCCCCCCCCC[C@H]12)C(c1ccccc1)c1ccccc1. The molecule has 27 heavy (non-hydrogen) atoms. The molecule has 2 fully saturated rings. The maximum atomic E-state index is 2.64. The molecule has 0 amide bonds. The van der Waals surface area contributed by atoms with Gasteiger partial charge in [-0.05, 0) is 35.8 Å². The van der Waals surface area contributed by atoms with Crippen LogP contribution in [0.4, 0.5) is 0 Å². The second-order valence-corrected chi connectivity index (χ2v) is 8.58. The fourth-order valence-corrected chi connectivity index (χ4v) is 5.07. The third-order valence-electron chi connectivity index (χ3n) is 6.69. The summed E-state index contributed by atoms with van der Waals surface area (Å²) in [5.74, 6) is 2.16. The zero-order chi connectivity index (χ0) is 18.3. The number of benzene rings is 2. The van der Waals surface area contributed by atoms with Gasteiger partial charge in [0.25, 0.3) is 0 Å². The Morgan fingerprint density at radius 3 is 1.41 bits per heavy atom. The van der Waals surface area contributed by atoms with E-state index in [2.05, 4.69) is 66.7 Å². The Morgan fingerprint density at radius 2 is 0.963 bits per heavy atom. The molecule has 2 atom stereocenters. The molecule has 0 spiro atoms. The third kappa shape index (κ3) is 4.92. The molecule has 0 nitrogen and oxygen atoms in total. The maximum Gasteiger partial charge on any atom is 0.0272 e. The van der Waals surface area contributed by atoms with Gasteiger partial charge >= 0.3 is 0 Å². The van der Waals surface area contributed by atoms with E-state index in [9.17, 15) is 0 Å². The average Bonchev–Trinajstić information content (AvgIpc) is 3.37. The van der Waals surface area contributed by atoms with Crippen molar-refractivity contribution >= 4 is 0 Å². The largest absolute Gasteiger partial charge is 0.0728 e. The van der Waals surface area contributed by atoms with E-state index in [1.807, 2.05) is 0 Å². The van der Waals surface area contributed by atoms with E-state index in [-0.39, 0.29) is 0 Å². The Balaban J connectivity index is 1.56. The topological polar surface area (TPSA) is 0 Å². The molecule has 0 unspecified atom stereocenters. The minimum atomic E-state index is 0.408. The van der Waals surface area contributed by atoms with Crippen LogP contribution in [0.5, 0.6) is 0 Å². The predicted octanol–water partition coefficient (Wildman–Crippen LogP) is 7.91.